The fourth-order valence-corrected chi connectivity index (χ4v) is 1.86. The Balaban J connectivity index is 2.58. The Hall–Kier alpha value is -2.02. The summed E-state index contributed by atoms with van der Waals surface area (Å²) in [7, 11) is 0. The summed E-state index contributed by atoms with van der Waals surface area (Å²) in [5.74, 6) is 2.88. The fraction of sp³-hybridized carbons (Fsp3) is 0.385. The summed E-state index contributed by atoms with van der Waals surface area (Å²) in [6.07, 6.45) is 6.90. The van der Waals surface area contributed by atoms with E-state index in [-0.39, 0.29) is 18.1 Å². The molecule has 4 heteroatoms. The number of nitrogens with zero attached hydrogens (tertiary/aromatic N) is 2. The predicted molar refractivity (Wildman–Crippen MR) is 64.9 cm³/mol. The second-order valence-electron chi connectivity index (χ2n) is 4.88. The van der Waals surface area contributed by atoms with Crippen molar-refractivity contribution in [3.8, 4) is 18.2 Å². The molecule has 2 rings (SSSR count). The van der Waals surface area contributed by atoms with Crippen molar-refractivity contribution in [3.63, 3.8) is 0 Å². The summed E-state index contributed by atoms with van der Waals surface area (Å²) in [6, 6.07) is 1.75. The Morgan fingerprint density at radius 1 is 1.53 bits per heavy atom. The van der Waals surface area contributed by atoms with Crippen LogP contribution in [0.3, 0.4) is 0 Å². The molecule has 2 heterocycles. The van der Waals surface area contributed by atoms with Gasteiger partial charge >= 0.3 is 0 Å². The molecule has 1 aliphatic rings. The van der Waals surface area contributed by atoms with Crippen molar-refractivity contribution >= 4 is 11.6 Å². The molecule has 4 nitrogen and oxygen atoms in total. The van der Waals surface area contributed by atoms with Gasteiger partial charge in [-0.15, -0.1) is 6.42 Å². The minimum atomic E-state index is -0.329. The van der Waals surface area contributed by atoms with E-state index in [0.717, 1.165) is 0 Å². The van der Waals surface area contributed by atoms with Crippen molar-refractivity contribution in [3.05, 3.63) is 17.8 Å². The van der Waals surface area contributed by atoms with Crippen molar-refractivity contribution in [1.29, 1.82) is 0 Å². The molecule has 0 aliphatic carbocycles. The summed E-state index contributed by atoms with van der Waals surface area (Å²) < 4.78 is 5.29. The molecule has 0 saturated carbocycles. The van der Waals surface area contributed by atoms with Gasteiger partial charge in [-0.2, -0.15) is 0 Å². The summed E-state index contributed by atoms with van der Waals surface area (Å²) >= 11 is 0. The van der Waals surface area contributed by atoms with E-state index in [1.807, 2.05) is 20.8 Å². The number of anilines is 1. The van der Waals surface area contributed by atoms with E-state index in [1.165, 1.54) is 0 Å². The van der Waals surface area contributed by atoms with Crippen LogP contribution in [-0.4, -0.2) is 23.0 Å². The van der Waals surface area contributed by atoms with Gasteiger partial charge in [0, 0.05) is 17.3 Å². The Labute approximate surface area is 101 Å². The first-order valence-corrected chi connectivity index (χ1v) is 5.36. The summed E-state index contributed by atoms with van der Waals surface area (Å²) in [5.41, 5.74) is 0.949. The maximum Gasteiger partial charge on any atom is 0.265 e. The van der Waals surface area contributed by atoms with Crippen LogP contribution in [0.4, 0.5) is 5.69 Å². The van der Waals surface area contributed by atoms with Crippen LogP contribution in [0, 0.1) is 12.3 Å². The van der Waals surface area contributed by atoms with Gasteiger partial charge in [-0.1, -0.05) is 5.92 Å². The van der Waals surface area contributed by atoms with Crippen LogP contribution in [0.5, 0.6) is 5.88 Å². The lowest BCUT2D eigenvalue weighted by molar-refractivity contribution is -0.122. The molecule has 0 unspecified atom stereocenters. The van der Waals surface area contributed by atoms with Crippen LogP contribution >= 0.6 is 0 Å². The molecule has 0 atom stereocenters. The van der Waals surface area contributed by atoms with Crippen LogP contribution in [0.25, 0.3) is 0 Å². The summed E-state index contributed by atoms with van der Waals surface area (Å²) in [5, 5.41) is 0. The first kappa shape index (κ1) is 11.5. The Bertz CT molecular complexity index is 509. The van der Waals surface area contributed by atoms with E-state index >= 15 is 0 Å². The molecular weight excluding hydrogens is 216 g/mol. The number of pyridine rings is 1. The van der Waals surface area contributed by atoms with Crippen LogP contribution in [0.15, 0.2) is 12.3 Å². The van der Waals surface area contributed by atoms with Gasteiger partial charge in [0.2, 0.25) is 5.88 Å². The highest BCUT2D eigenvalue weighted by atomic mass is 16.5. The van der Waals surface area contributed by atoms with Crippen LogP contribution < -0.4 is 9.64 Å². The van der Waals surface area contributed by atoms with Gasteiger partial charge in [0.05, 0.1) is 0 Å². The van der Waals surface area contributed by atoms with Gasteiger partial charge in [0.1, 0.15) is 5.69 Å². The molecule has 0 aromatic carbocycles. The maximum absolute atomic E-state index is 11.9. The molecule has 1 aliphatic heterocycles. The molecule has 1 aromatic rings. The first-order chi connectivity index (χ1) is 7.93. The lowest BCUT2D eigenvalue weighted by Gasteiger charge is -2.38. The molecule has 0 N–H and O–H groups in total. The van der Waals surface area contributed by atoms with E-state index in [1.54, 1.807) is 17.2 Å². The maximum atomic E-state index is 11.9. The number of ether oxygens (including phenoxy) is 1. The molecule has 0 spiro atoms. The minimum absolute atomic E-state index is 0.0205. The molecule has 0 saturated heterocycles. The van der Waals surface area contributed by atoms with E-state index in [9.17, 15) is 4.79 Å². The van der Waals surface area contributed by atoms with Crippen molar-refractivity contribution in [2.75, 3.05) is 11.5 Å². The SMILES string of the molecule is C#Cc1cnc2c(c1)N(C(C)(C)C)C(=O)CO2. The zero-order chi connectivity index (χ0) is 12.6. The molecule has 88 valence electrons. The van der Waals surface area contributed by atoms with E-state index in [4.69, 9.17) is 11.2 Å². The third-order valence-electron chi connectivity index (χ3n) is 2.49. The Morgan fingerprint density at radius 2 is 2.24 bits per heavy atom. The van der Waals surface area contributed by atoms with Gasteiger partial charge in [-0.3, -0.25) is 9.69 Å². The summed E-state index contributed by atoms with van der Waals surface area (Å²) in [4.78, 5) is 17.7. The first-order valence-electron chi connectivity index (χ1n) is 5.36. The average molecular weight is 230 g/mol. The smallest absolute Gasteiger partial charge is 0.265 e. The molecule has 0 bridgehead atoms. The number of hydrogen-bond acceptors (Lipinski definition) is 3. The highest BCUT2D eigenvalue weighted by Crippen LogP contribution is 2.35. The van der Waals surface area contributed by atoms with Crippen molar-refractivity contribution < 1.29 is 9.53 Å². The lowest BCUT2D eigenvalue weighted by Crippen LogP contribution is -2.50. The predicted octanol–water partition coefficient (Wildman–Crippen LogP) is 1.59. The monoisotopic (exact) mass is 230 g/mol. The topological polar surface area (TPSA) is 42.4 Å². The molecule has 1 aromatic heterocycles. The third kappa shape index (κ3) is 1.96. The zero-order valence-corrected chi connectivity index (χ0v) is 10.2. The molecule has 0 radical (unpaired) electrons. The second-order valence-corrected chi connectivity index (χ2v) is 4.88. The van der Waals surface area contributed by atoms with E-state index < -0.39 is 0 Å². The number of rotatable bonds is 0. The normalized spacial score (nSPS) is 14.9. The van der Waals surface area contributed by atoms with Gasteiger partial charge in [0.15, 0.2) is 6.61 Å². The Morgan fingerprint density at radius 3 is 2.82 bits per heavy atom. The van der Waals surface area contributed by atoms with Crippen LogP contribution in [0.1, 0.15) is 26.3 Å². The number of fused-ring (bicyclic) bond motifs is 1. The number of carbonyl (C=O) groups excluding carboxylic acids is 1. The quantitative estimate of drug-likeness (QED) is 0.635. The van der Waals surface area contributed by atoms with Gasteiger partial charge in [-0.05, 0) is 26.8 Å². The van der Waals surface area contributed by atoms with Gasteiger partial charge < -0.3 is 4.74 Å². The highest BCUT2D eigenvalue weighted by Gasteiger charge is 2.34. The highest BCUT2D eigenvalue weighted by molar-refractivity contribution is 5.98. The molecule has 0 fully saturated rings. The van der Waals surface area contributed by atoms with E-state index in [2.05, 4.69) is 10.9 Å². The molecular formula is C13H14N2O2. The molecule has 1 amide bonds. The third-order valence-corrected chi connectivity index (χ3v) is 2.49. The zero-order valence-electron chi connectivity index (χ0n) is 10.2. The number of hydrogen-bond donors (Lipinski definition) is 0. The standard InChI is InChI=1S/C13H14N2O2/c1-5-9-6-10-12(14-7-9)17-8-11(16)15(10)13(2,3)4/h1,6-7H,8H2,2-4H3. The van der Waals surface area contributed by atoms with Crippen LogP contribution in [0.2, 0.25) is 0 Å². The van der Waals surface area contributed by atoms with Crippen molar-refractivity contribution in [1.82, 2.24) is 4.98 Å². The fourth-order valence-electron chi connectivity index (χ4n) is 1.86. The lowest BCUT2D eigenvalue weighted by atomic mass is 10.0. The Kier molecular flexibility index (Phi) is 2.55. The number of carbonyl (C=O) groups is 1. The van der Waals surface area contributed by atoms with Crippen molar-refractivity contribution in [2.45, 2.75) is 26.3 Å². The van der Waals surface area contributed by atoms with Gasteiger partial charge in [-0.25, -0.2) is 4.98 Å². The largest absolute Gasteiger partial charge is 0.466 e. The number of amides is 1. The average Bonchev–Trinajstić information content (AvgIpc) is 2.26. The van der Waals surface area contributed by atoms with E-state index in [0.29, 0.717) is 17.1 Å². The van der Waals surface area contributed by atoms with Gasteiger partial charge in [0.25, 0.3) is 5.91 Å². The minimum Gasteiger partial charge on any atom is -0.466 e. The van der Waals surface area contributed by atoms with Crippen LogP contribution in [-0.2, 0) is 4.79 Å². The second kappa shape index (κ2) is 3.77. The number of terminal acetylenes is 1. The summed E-state index contributed by atoms with van der Waals surface area (Å²) in [6.45, 7) is 5.90. The van der Waals surface area contributed by atoms with Crippen molar-refractivity contribution in [2.24, 2.45) is 0 Å². The molecule has 17 heavy (non-hydrogen) atoms. The number of aromatic nitrogens is 1.